The molecule has 4 nitrogen and oxygen atoms in total. The van der Waals surface area contributed by atoms with Crippen LogP contribution in [0.3, 0.4) is 0 Å². The number of carbonyl (C=O) groups is 2. The Morgan fingerprint density at radius 1 is 1.21 bits per heavy atom. The number of benzene rings is 1. The third kappa shape index (κ3) is 2.85. The number of imide groups is 1. The molecule has 0 aliphatic carbocycles. The standard InChI is InChI=1S/C13H14Cl2N2O2/c1-8(2)6-16-7-12(18)17(13(16)19)9-3-4-10(14)11(15)5-9/h3-5,8H,6-7H2,1-2H3. The van der Waals surface area contributed by atoms with Crippen LogP contribution in [0.4, 0.5) is 10.5 Å². The maximum absolute atomic E-state index is 12.2. The second-order valence-corrected chi connectivity index (χ2v) is 5.70. The molecule has 0 unspecified atom stereocenters. The minimum atomic E-state index is -0.308. The Morgan fingerprint density at radius 3 is 2.47 bits per heavy atom. The van der Waals surface area contributed by atoms with E-state index in [9.17, 15) is 9.59 Å². The number of anilines is 1. The van der Waals surface area contributed by atoms with Gasteiger partial charge in [-0.3, -0.25) is 4.79 Å². The van der Waals surface area contributed by atoms with Crippen LogP contribution < -0.4 is 4.90 Å². The number of amides is 3. The van der Waals surface area contributed by atoms with Gasteiger partial charge < -0.3 is 4.90 Å². The molecule has 0 bridgehead atoms. The summed E-state index contributed by atoms with van der Waals surface area (Å²) in [6.45, 7) is 4.67. The largest absolute Gasteiger partial charge is 0.331 e. The molecule has 0 spiro atoms. The van der Waals surface area contributed by atoms with Crippen LogP contribution in [0, 0.1) is 5.92 Å². The van der Waals surface area contributed by atoms with E-state index >= 15 is 0 Å². The number of urea groups is 1. The number of carbonyl (C=O) groups excluding carboxylic acids is 2. The normalized spacial score (nSPS) is 15.8. The second kappa shape index (κ2) is 5.39. The zero-order valence-corrected chi connectivity index (χ0v) is 12.2. The number of hydrogen-bond donors (Lipinski definition) is 0. The maximum Gasteiger partial charge on any atom is 0.331 e. The van der Waals surface area contributed by atoms with Crippen molar-refractivity contribution in [1.29, 1.82) is 0 Å². The van der Waals surface area contributed by atoms with Gasteiger partial charge in [0.15, 0.2) is 0 Å². The fraction of sp³-hybridized carbons (Fsp3) is 0.385. The fourth-order valence-corrected chi connectivity index (χ4v) is 2.30. The molecule has 0 atom stereocenters. The smallest absolute Gasteiger partial charge is 0.314 e. The Kier molecular flexibility index (Phi) is 4.02. The van der Waals surface area contributed by atoms with Gasteiger partial charge in [-0.2, -0.15) is 0 Å². The van der Waals surface area contributed by atoms with Gasteiger partial charge in [0.1, 0.15) is 6.54 Å². The molecule has 0 aromatic heterocycles. The molecule has 1 heterocycles. The van der Waals surface area contributed by atoms with Gasteiger partial charge in [0.25, 0.3) is 5.91 Å². The summed E-state index contributed by atoms with van der Waals surface area (Å²) in [4.78, 5) is 26.8. The Labute approximate surface area is 121 Å². The summed E-state index contributed by atoms with van der Waals surface area (Å²) in [5, 5.41) is 0.714. The van der Waals surface area contributed by atoms with Gasteiger partial charge in [-0.1, -0.05) is 37.0 Å². The molecule has 6 heteroatoms. The lowest BCUT2D eigenvalue weighted by Gasteiger charge is -2.18. The van der Waals surface area contributed by atoms with Crippen molar-refractivity contribution in [3.63, 3.8) is 0 Å². The SMILES string of the molecule is CC(C)CN1CC(=O)N(c2ccc(Cl)c(Cl)c2)C1=O. The number of halogens is 2. The molecule has 2 rings (SSSR count). The summed E-state index contributed by atoms with van der Waals surface area (Å²) in [6, 6.07) is 4.41. The molecule has 0 saturated carbocycles. The molecular formula is C13H14Cl2N2O2. The first kappa shape index (κ1) is 14.2. The van der Waals surface area contributed by atoms with Crippen molar-refractivity contribution >= 4 is 40.8 Å². The van der Waals surface area contributed by atoms with E-state index in [0.717, 1.165) is 4.90 Å². The molecule has 1 aromatic rings. The highest BCUT2D eigenvalue weighted by Crippen LogP contribution is 2.29. The van der Waals surface area contributed by atoms with E-state index < -0.39 is 0 Å². The zero-order valence-electron chi connectivity index (χ0n) is 10.7. The Hall–Kier alpha value is -1.26. The minimum absolute atomic E-state index is 0.108. The second-order valence-electron chi connectivity index (χ2n) is 4.88. The highest BCUT2D eigenvalue weighted by Gasteiger charge is 2.37. The zero-order chi connectivity index (χ0) is 14.2. The van der Waals surface area contributed by atoms with Crippen LogP contribution in [0.2, 0.25) is 10.0 Å². The van der Waals surface area contributed by atoms with E-state index in [0.29, 0.717) is 28.2 Å². The molecule has 1 aliphatic rings. The molecule has 0 radical (unpaired) electrons. The van der Waals surface area contributed by atoms with E-state index in [1.807, 2.05) is 13.8 Å². The van der Waals surface area contributed by atoms with Crippen LogP contribution >= 0.6 is 23.2 Å². The van der Waals surface area contributed by atoms with Gasteiger partial charge in [0.05, 0.1) is 15.7 Å². The maximum atomic E-state index is 12.2. The van der Waals surface area contributed by atoms with Gasteiger partial charge in [-0.05, 0) is 24.1 Å². The summed E-state index contributed by atoms with van der Waals surface area (Å²) in [7, 11) is 0. The lowest BCUT2D eigenvalue weighted by Crippen LogP contribution is -2.34. The van der Waals surface area contributed by atoms with Crippen LogP contribution in [0.5, 0.6) is 0 Å². The van der Waals surface area contributed by atoms with E-state index in [4.69, 9.17) is 23.2 Å². The third-order valence-electron chi connectivity index (χ3n) is 2.78. The number of nitrogens with zero attached hydrogens (tertiary/aromatic N) is 2. The summed E-state index contributed by atoms with van der Waals surface area (Å²) in [5.74, 6) is 0.0644. The molecule has 1 saturated heterocycles. The minimum Gasteiger partial charge on any atom is -0.314 e. The molecule has 102 valence electrons. The van der Waals surface area contributed by atoms with Crippen LogP contribution in [0.25, 0.3) is 0 Å². The van der Waals surface area contributed by atoms with Crippen molar-refractivity contribution < 1.29 is 9.59 Å². The first-order valence-electron chi connectivity index (χ1n) is 5.97. The quantitative estimate of drug-likeness (QED) is 0.803. The van der Waals surface area contributed by atoms with Crippen molar-refractivity contribution in [3.05, 3.63) is 28.2 Å². The Balaban J connectivity index is 2.27. The molecule has 1 fully saturated rings. The summed E-state index contributed by atoms with van der Waals surface area (Å²) in [6.07, 6.45) is 0. The molecular weight excluding hydrogens is 287 g/mol. The number of rotatable bonds is 3. The fourth-order valence-electron chi connectivity index (χ4n) is 2.01. The van der Waals surface area contributed by atoms with Crippen molar-refractivity contribution in [2.75, 3.05) is 18.0 Å². The van der Waals surface area contributed by atoms with Gasteiger partial charge in [-0.25, -0.2) is 9.69 Å². The van der Waals surface area contributed by atoms with Crippen molar-refractivity contribution in [2.24, 2.45) is 5.92 Å². The average molecular weight is 301 g/mol. The van der Waals surface area contributed by atoms with E-state index in [2.05, 4.69) is 0 Å². The predicted molar refractivity (Wildman–Crippen MR) is 75.8 cm³/mol. The van der Waals surface area contributed by atoms with Crippen molar-refractivity contribution in [2.45, 2.75) is 13.8 Å². The van der Waals surface area contributed by atoms with Crippen molar-refractivity contribution in [1.82, 2.24) is 4.90 Å². The highest BCUT2D eigenvalue weighted by atomic mass is 35.5. The predicted octanol–water partition coefficient (Wildman–Crippen LogP) is 3.42. The molecule has 3 amide bonds. The molecule has 19 heavy (non-hydrogen) atoms. The number of hydrogen-bond acceptors (Lipinski definition) is 2. The van der Waals surface area contributed by atoms with Crippen molar-refractivity contribution in [3.8, 4) is 0 Å². The Morgan fingerprint density at radius 2 is 1.89 bits per heavy atom. The van der Waals surface area contributed by atoms with E-state index in [1.165, 1.54) is 11.0 Å². The van der Waals surface area contributed by atoms with Crippen LogP contribution in [-0.4, -0.2) is 29.9 Å². The van der Waals surface area contributed by atoms with E-state index in [-0.39, 0.29) is 18.5 Å². The van der Waals surface area contributed by atoms with Gasteiger partial charge in [0, 0.05) is 6.54 Å². The van der Waals surface area contributed by atoms with Gasteiger partial charge in [0.2, 0.25) is 0 Å². The van der Waals surface area contributed by atoms with Gasteiger partial charge in [-0.15, -0.1) is 0 Å². The summed E-state index contributed by atoms with van der Waals surface area (Å²) in [5.41, 5.74) is 0.454. The molecule has 1 aliphatic heterocycles. The topological polar surface area (TPSA) is 40.6 Å². The first-order valence-corrected chi connectivity index (χ1v) is 6.72. The molecule has 0 N–H and O–H groups in total. The summed E-state index contributed by atoms with van der Waals surface area (Å²) < 4.78 is 0. The van der Waals surface area contributed by atoms with E-state index in [1.54, 1.807) is 12.1 Å². The lowest BCUT2D eigenvalue weighted by molar-refractivity contribution is -0.116. The van der Waals surface area contributed by atoms with Crippen LogP contribution in [0.1, 0.15) is 13.8 Å². The Bertz CT molecular complexity index is 531. The van der Waals surface area contributed by atoms with Gasteiger partial charge >= 0.3 is 6.03 Å². The van der Waals surface area contributed by atoms with Crippen LogP contribution in [0.15, 0.2) is 18.2 Å². The average Bonchev–Trinajstić information content (AvgIpc) is 2.58. The monoisotopic (exact) mass is 300 g/mol. The first-order chi connectivity index (χ1) is 8.90. The lowest BCUT2D eigenvalue weighted by atomic mass is 10.2. The summed E-state index contributed by atoms with van der Waals surface area (Å²) >= 11 is 11.7. The highest BCUT2D eigenvalue weighted by molar-refractivity contribution is 6.42. The third-order valence-corrected chi connectivity index (χ3v) is 3.52. The molecule has 1 aromatic carbocycles. The van der Waals surface area contributed by atoms with Crippen LogP contribution in [-0.2, 0) is 4.79 Å².